The summed E-state index contributed by atoms with van der Waals surface area (Å²) in [6.45, 7) is -0.122. The Balaban J connectivity index is 2.54. The summed E-state index contributed by atoms with van der Waals surface area (Å²) < 4.78 is 37.3. The van der Waals surface area contributed by atoms with E-state index in [4.69, 9.17) is 5.73 Å². The number of thiocarbonyl (C=S) groups is 1. The van der Waals surface area contributed by atoms with Crippen molar-refractivity contribution in [3.63, 3.8) is 0 Å². The molecule has 1 unspecified atom stereocenters. The predicted molar refractivity (Wildman–Crippen MR) is 52.0 cm³/mol. The van der Waals surface area contributed by atoms with Gasteiger partial charge in [0.15, 0.2) is 0 Å². The van der Waals surface area contributed by atoms with Gasteiger partial charge in [0, 0.05) is 12.6 Å². The van der Waals surface area contributed by atoms with Gasteiger partial charge in [-0.1, -0.05) is 12.2 Å². The van der Waals surface area contributed by atoms with Crippen LogP contribution in [0.3, 0.4) is 0 Å². The van der Waals surface area contributed by atoms with Crippen LogP contribution in [0.5, 0.6) is 0 Å². The summed E-state index contributed by atoms with van der Waals surface area (Å²) in [7, 11) is 1.68. The highest BCUT2D eigenvalue weighted by atomic mass is 32.1. The third-order valence-electron chi connectivity index (χ3n) is 2.38. The summed E-state index contributed by atoms with van der Waals surface area (Å²) in [6, 6.07) is 0.286. The first-order valence-electron chi connectivity index (χ1n) is 4.38. The third kappa shape index (κ3) is 3.09. The minimum absolute atomic E-state index is 0.122. The second kappa shape index (κ2) is 4.02. The molecular weight excluding hydrogens is 213 g/mol. The van der Waals surface area contributed by atoms with Crippen LogP contribution in [0.25, 0.3) is 0 Å². The summed E-state index contributed by atoms with van der Waals surface area (Å²) in [5, 5.41) is 0. The normalized spacial score (nSPS) is 19.8. The van der Waals surface area contributed by atoms with Gasteiger partial charge in [0.1, 0.15) is 5.92 Å². The van der Waals surface area contributed by atoms with Gasteiger partial charge >= 0.3 is 6.18 Å². The molecule has 14 heavy (non-hydrogen) atoms. The fourth-order valence-electron chi connectivity index (χ4n) is 1.31. The second-order valence-corrected chi connectivity index (χ2v) is 4.14. The molecule has 6 heteroatoms. The maximum Gasteiger partial charge on any atom is 0.399 e. The average Bonchev–Trinajstić information content (AvgIpc) is 2.78. The topological polar surface area (TPSA) is 29.3 Å². The van der Waals surface area contributed by atoms with Gasteiger partial charge in [0.05, 0.1) is 4.99 Å². The Bertz CT molecular complexity index is 225. The summed E-state index contributed by atoms with van der Waals surface area (Å²) in [4.78, 5) is 1.21. The lowest BCUT2D eigenvalue weighted by Gasteiger charge is -2.24. The maximum atomic E-state index is 12.4. The molecule has 0 heterocycles. The first-order valence-corrected chi connectivity index (χ1v) is 4.79. The molecule has 0 radical (unpaired) electrons. The molecule has 1 atom stereocenters. The maximum absolute atomic E-state index is 12.4. The fourth-order valence-corrected chi connectivity index (χ4v) is 1.52. The number of nitrogens with zero attached hydrogens (tertiary/aromatic N) is 1. The quantitative estimate of drug-likeness (QED) is 0.737. The first-order chi connectivity index (χ1) is 6.32. The standard InChI is InChI=1S/C8H13F3N2S/c1-13(5-2-3-5)4-6(7(12)14)8(9,10)11/h5-6H,2-4H2,1H3,(H2,12,14). The monoisotopic (exact) mass is 226 g/mol. The van der Waals surface area contributed by atoms with Gasteiger partial charge in [-0.3, -0.25) is 0 Å². The zero-order valence-corrected chi connectivity index (χ0v) is 8.66. The van der Waals surface area contributed by atoms with E-state index >= 15 is 0 Å². The lowest BCUT2D eigenvalue weighted by Crippen LogP contribution is -2.42. The van der Waals surface area contributed by atoms with Crippen LogP contribution < -0.4 is 5.73 Å². The van der Waals surface area contributed by atoms with Crippen LogP contribution in [0.2, 0.25) is 0 Å². The highest BCUT2D eigenvalue weighted by Gasteiger charge is 2.43. The molecule has 2 N–H and O–H groups in total. The fraction of sp³-hybridized carbons (Fsp3) is 0.875. The van der Waals surface area contributed by atoms with E-state index in [0.717, 1.165) is 12.8 Å². The van der Waals surface area contributed by atoms with E-state index in [1.807, 2.05) is 0 Å². The lowest BCUT2D eigenvalue weighted by molar-refractivity contribution is -0.158. The van der Waals surface area contributed by atoms with E-state index in [2.05, 4.69) is 12.2 Å². The molecule has 0 aliphatic heterocycles. The van der Waals surface area contributed by atoms with Gasteiger partial charge < -0.3 is 10.6 Å². The van der Waals surface area contributed by atoms with E-state index in [1.54, 1.807) is 11.9 Å². The van der Waals surface area contributed by atoms with Crippen molar-refractivity contribution in [1.82, 2.24) is 4.90 Å². The Morgan fingerprint density at radius 3 is 2.36 bits per heavy atom. The van der Waals surface area contributed by atoms with Gasteiger partial charge in [-0.15, -0.1) is 0 Å². The minimum atomic E-state index is -4.32. The molecule has 0 aromatic rings. The number of hydrogen-bond acceptors (Lipinski definition) is 2. The predicted octanol–water partition coefficient (Wildman–Crippen LogP) is 1.55. The molecule has 1 fully saturated rings. The third-order valence-corrected chi connectivity index (χ3v) is 2.66. The molecule has 1 aliphatic carbocycles. The van der Waals surface area contributed by atoms with Crippen molar-refractivity contribution in [3.8, 4) is 0 Å². The van der Waals surface area contributed by atoms with Crippen molar-refractivity contribution in [3.05, 3.63) is 0 Å². The lowest BCUT2D eigenvalue weighted by atomic mass is 10.1. The Morgan fingerprint density at radius 2 is 2.07 bits per heavy atom. The number of nitrogens with two attached hydrogens (primary N) is 1. The van der Waals surface area contributed by atoms with Crippen molar-refractivity contribution in [2.75, 3.05) is 13.6 Å². The minimum Gasteiger partial charge on any atom is -0.393 e. The number of rotatable bonds is 4. The van der Waals surface area contributed by atoms with Gasteiger partial charge in [0.25, 0.3) is 0 Å². The Kier molecular flexibility index (Phi) is 3.36. The van der Waals surface area contributed by atoms with Crippen molar-refractivity contribution in [2.24, 2.45) is 11.7 Å². The smallest absolute Gasteiger partial charge is 0.393 e. The molecule has 1 aliphatic rings. The van der Waals surface area contributed by atoms with Crippen LogP contribution in [0.4, 0.5) is 13.2 Å². The van der Waals surface area contributed by atoms with Crippen LogP contribution in [0, 0.1) is 5.92 Å². The van der Waals surface area contributed by atoms with Gasteiger partial charge in [0.2, 0.25) is 0 Å². The summed E-state index contributed by atoms with van der Waals surface area (Å²) in [5.74, 6) is -1.68. The largest absolute Gasteiger partial charge is 0.399 e. The summed E-state index contributed by atoms with van der Waals surface area (Å²) in [5.41, 5.74) is 5.08. The van der Waals surface area contributed by atoms with Gasteiger partial charge in [-0.25, -0.2) is 0 Å². The van der Waals surface area contributed by atoms with E-state index < -0.39 is 17.1 Å². The van der Waals surface area contributed by atoms with Crippen molar-refractivity contribution in [1.29, 1.82) is 0 Å². The van der Waals surface area contributed by atoms with Crippen LogP contribution in [-0.2, 0) is 0 Å². The van der Waals surface area contributed by atoms with E-state index in [-0.39, 0.29) is 12.6 Å². The molecule has 1 rings (SSSR count). The number of hydrogen-bond donors (Lipinski definition) is 1. The van der Waals surface area contributed by atoms with E-state index in [0.29, 0.717) is 0 Å². The van der Waals surface area contributed by atoms with Gasteiger partial charge in [-0.05, 0) is 19.9 Å². The van der Waals surface area contributed by atoms with Crippen LogP contribution in [0.15, 0.2) is 0 Å². The molecule has 0 saturated heterocycles. The highest BCUT2D eigenvalue weighted by Crippen LogP contribution is 2.31. The Morgan fingerprint density at radius 1 is 1.57 bits per heavy atom. The Hall–Kier alpha value is -0.360. The number of alkyl halides is 3. The molecule has 0 bridgehead atoms. The molecule has 0 aromatic carbocycles. The summed E-state index contributed by atoms with van der Waals surface area (Å²) in [6.07, 6.45) is -2.38. The molecule has 0 amide bonds. The molecule has 82 valence electrons. The molecular formula is C8H13F3N2S. The van der Waals surface area contributed by atoms with Crippen molar-refractivity contribution < 1.29 is 13.2 Å². The SMILES string of the molecule is CN(CC(C(N)=S)C(F)(F)F)C1CC1. The molecule has 1 saturated carbocycles. The van der Waals surface area contributed by atoms with E-state index in [1.165, 1.54) is 0 Å². The zero-order valence-electron chi connectivity index (χ0n) is 7.84. The van der Waals surface area contributed by atoms with Crippen molar-refractivity contribution in [2.45, 2.75) is 25.1 Å². The molecule has 0 aromatic heterocycles. The van der Waals surface area contributed by atoms with Gasteiger partial charge in [-0.2, -0.15) is 13.2 Å². The first kappa shape index (κ1) is 11.7. The zero-order chi connectivity index (χ0) is 10.9. The second-order valence-electron chi connectivity index (χ2n) is 3.67. The van der Waals surface area contributed by atoms with E-state index in [9.17, 15) is 13.2 Å². The molecule has 0 spiro atoms. The number of halogens is 3. The summed E-state index contributed by atoms with van der Waals surface area (Å²) >= 11 is 4.42. The van der Waals surface area contributed by atoms with Crippen LogP contribution >= 0.6 is 12.2 Å². The van der Waals surface area contributed by atoms with Crippen LogP contribution in [0.1, 0.15) is 12.8 Å². The van der Waals surface area contributed by atoms with Crippen LogP contribution in [-0.4, -0.2) is 35.7 Å². The van der Waals surface area contributed by atoms with Crippen molar-refractivity contribution >= 4 is 17.2 Å². The Labute approximate surface area is 86.2 Å². The molecule has 2 nitrogen and oxygen atoms in total. The average molecular weight is 226 g/mol. The highest BCUT2D eigenvalue weighted by molar-refractivity contribution is 7.80.